The molecule has 0 radical (unpaired) electrons. The first-order valence-corrected chi connectivity index (χ1v) is 8.74. The third-order valence-electron chi connectivity index (χ3n) is 4.21. The Bertz CT molecular complexity index is 668. The molecule has 0 saturated carbocycles. The van der Waals surface area contributed by atoms with Crippen molar-refractivity contribution in [1.82, 2.24) is 9.80 Å². The topological polar surface area (TPSA) is 79.3 Å². The maximum absolute atomic E-state index is 12.7. The van der Waals surface area contributed by atoms with Gasteiger partial charge in [0.15, 0.2) is 0 Å². The molecule has 1 aliphatic heterocycles. The molecule has 1 aromatic rings. The van der Waals surface area contributed by atoms with Gasteiger partial charge in [-0.2, -0.15) is 0 Å². The number of amides is 2. The van der Waals surface area contributed by atoms with E-state index < -0.39 is 5.60 Å². The van der Waals surface area contributed by atoms with E-state index in [1.807, 2.05) is 27.7 Å². The molecule has 7 heteroatoms. The Balaban J connectivity index is 1.99. The number of hydrogen-bond acceptors (Lipinski definition) is 5. The summed E-state index contributed by atoms with van der Waals surface area (Å²) >= 11 is 0. The third-order valence-corrected chi connectivity index (χ3v) is 4.21. The second kappa shape index (κ2) is 7.85. The summed E-state index contributed by atoms with van der Waals surface area (Å²) in [5.41, 5.74) is 0.0926. The Morgan fingerprint density at radius 1 is 1.27 bits per heavy atom. The predicted molar refractivity (Wildman–Crippen MR) is 97.3 cm³/mol. The molecule has 26 heavy (non-hydrogen) atoms. The average molecular weight is 364 g/mol. The van der Waals surface area contributed by atoms with Gasteiger partial charge in [0.1, 0.15) is 17.1 Å². The van der Waals surface area contributed by atoms with Gasteiger partial charge in [-0.3, -0.25) is 4.79 Å². The average Bonchev–Trinajstić information content (AvgIpc) is 2.53. The zero-order valence-corrected chi connectivity index (χ0v) is 16.1. The van der Waals surface area contributed by atoms with Crippen LogP contribution < -0.4 is 4.74 Å². The molecule has 144 valence electrons. The number of phenols is 1. The number of benzene rings is 1. The van der Waals surface area contributed by atoms with Crippen LogP contribution >= 0.6 is 0 Å². The minimum absolute atomic E-state index is 0.0652. The zero-order valence-electron chi connectivity index (χ0n) is 16.1. The number of methoxy groups -OCH3 is 1. The smallest absolute Gasteiger partial charge is 0.410 e. The fourth-order valence-corrected chi connectivity index (χ4v) is 2.95. The Labute approximate surface area is 154 Å². The van der Waals surface area contributed by atoms with Crippen LogP contribution in [-0.4, -0.2) is 65.3 Å². The van der Waals surface area contributed by atoms with E-state index in [-0.39, 0.29) is 30.2 Å². The highest BCUT2D eigenvalue weighted by Crippen LogP contribution is 2.24. The van der Waals surface area contributed by atoms with Crippen LogP contribution in [0.15, 0.2) is 18.2 Å². The number of nitrogens with zero attached hydrogens (tertiary/aromatic N) is 2. The highest BCUT2D eigenvalue weighted by atomic mass is 16.6. The van der Waals surface area contributed by atoms with Crippen molar-refractivity contribution in [3.05, 3.63) is 23.8 Å². The SMILES string of the molecule is COc1ccc(O)cc1CC(=O)N1CCN(C(=O)OC(C)(C)C)C(C)C1. The summed E-state index contributed by atoms with van der Waals surface area (Å²) in [6.45, 7) is 8.72. The van der Waals surface area contributed by atoms with E-state index >= 15 is 0 Å². The Morgan fingerprint density at radius 3 is 2.54 bits per heavy atom. The molecule has 0 spiro atoms. The van der Waals surface area contributed by atoms with Gasteiger partial charge in [-0.1, -0.05) is 0 Å². The van der Waals surface area contributed by atoms with Gasteiger partial charge >= 0.3 is 6.09 Å². The summed E-state index contributed by atoms with van der Waals surface area (Å²) < 4.78 is 10.7. The molecule has 0 aromatic heterocycles. The number of aromatic hydroxyl groups is 1. The van der Waals surface area contributed by atoms with Crippen LogP contribution in [0.4, 0.5) is 4.79 Å². The minimum atomic E-state index is -0.546. The van der Waals surface area contributed by atoms with E-state index in [9.17, 15) is 14.7 Å². The number of carbonyl (C=O) groups excluding carboxylic acids is 2. The molecule has 1 heterocycles. The quantitative estimate of drug-likeness (QED) is 0.891. The van der Waals surface area contributed by atoms with Crippen LogP contribution in [0.2, 0.25) is 0 Å². The molecule has 1 fully saturated rings. The number of piperazine rings is 1. The van der Waals surface area contributed by atoms with Crippen molar-refractivity contribution in [1.29, 1.82) is 0 Å². The number of carbonyl (C=O) groups is 2. The van der Waals surface area contributed by atoms with Crippen molar-refractivity contribution in [3.63, 3.8) is 0 Å². The van der Waals surface area contributed by atoms with Gasteiger partial charge in [-0.25, -0.2) is 4.79 Å². The van der Waals surface area contributed by atoms with Crippen molar-refractivity contribution in [2.45, 2.75) is 45.8 Å². The van der Waals surface area contributed by atoms with Crippen molar-refractivity contribution < 1.29 is 24.2 Å². The highest BCUT2D eigenvalue weighted by Gasteiger charge is 2.32. The molecular weight excluding hydrogens is 336 g/mol. The Morgan fingerprint density at radius 2 is 1.96 bits per heavy atom. The summed E-state index contributed by atoms with van der Waals surface area (Å²) in [6.07, 6.45) is -0.219. The third kappa shape index (κ3) is 5.03. The summed E-state index contributed by atoms with van der Waals surface area (Å²) in [5.74, 6) is 0.595. The van der Waals surface area contributed by atoms with Crippen LogP contribution in [0.5, 0.6) is 11.5 Å². The standard InChI is InChI=1S/C19H28N2O5/c1-13-12-20(8-9-21(13)18(24)26-19(2,3)4)17(23)11-14-10-15(22)6-7-16(14)25-5/h6-7,10,13,22H,8-9,11-12H2,1-5H3. The molecule has 2 amide bonds. The largest absolute Gasteiger partial charge is 0.508 e. The lowest BCUT2D eigenvalue weighted by Crippen LogP contribution is -2.56. The van der Waals surface area contributed by atoms with Crippen LogP contribution in [-0.2, 0) is 16.0 Å². The lowest BCUT2D eigenvalue weighted by molar-refractivity contribution is -0.133. The van der Waals surface area contributed by atoms with E-state index in [0.29, 0.717) is 30.9 Å². The first-order chi connectivity index (χ1) is 12.1. The van der Waals surface area contributed by atoms with Gasteiger partial charge in [0, 0.05) is 31.2 Å². The lowest BCUT2D eigenvalue weighted by Gasteiger charge is -2.40. The van der Waals surface area contributed by atoms with Crippen molar-refractivity contribution in [3.8, 4) is 11.5 Å². The molecule has 1 saturated heterocycles. The fraction of sp³-hybridized carbons (Fsp3) is 0.579. The second-order valence-electron chi connectivity index (χ2n) is 7.54. The molecule has 1 aliphatic rings. The molecule has 2 rings (SSSR count). The number of phenolic OH excluding ortho intramolecular Hbond substituents is 1. The molecule has 1 N–H and O–H groups in total. The van der Waals surface area contributed by atoms with Gasteiger partial charge < -0.3 is 24.4 Å². The Kier molecular flexibility index (Phi) is 6.00. The normalized spacial score (nSPS) is 17.8. The number of rotatable bonds is 3. The summed E-state index contributed by atoms with van der Waals surface area (Å²) in [5, 5.41) is 9.65. The van der Waals surface area contributed by atoms with Crippen molar-refractivity contribution in [2.75, 3.05) is 26.7 Å². The molecule has 0 aliphatic carbocycles. The zero-order chi connectivity index (χ0) is 19.5. The molecular formula is C19H28N2O5. The monoisotopic (exact) mass is 364 g/mol. The fourth-order valence-electron chi connectivity index (χ4n) is 2.95. The van der Waals surface area contributed by atoms with Crippen molar-refractivity contribution in [2.24, 2.45) is 0 Å². The van der Waals surface area contributed by atoms with Crippen LogP contribution in [0, 0.1) is 0 Å². The molecule has 0 bridgehead atoms. The summed E-state index contributed by atoms with van der Waals surface area (Å²) in [7, 11) is 1.53. The first-order valence-electron chi connectivity index (χ1n) is 8.74. The van der Waals surface area contributed by atoms with E-state index in [0.717, 1.165) is 0 Å². The second-order valence-corrected chi connectivity index (χ2v) is 7.54. The maximum Gasteiger partial charge on any atom is 0.410 e. The number of ether oxygens (including phenoxy) is 2. The Hall–Kier alpha value is -2.44. The van der Waals surface area contributed by atoms with Crippen LogP contribution in [0.1, 0.15) is 33.3 Å². The van der Waals surface area contributed by atoms with Gasteiger partial charge in [-0.15, -0.1) is 0 Å². The predicted octanol–water partition coefficient (Wildman–Crippen LogP) is 2.41. The van der Waals surface area contributed by atoms with Crippen molar-refractivity contribution >= 4 is 12.0 Å². The number of hydrogen-bond donors (Lipinski definition) is 1. The summed E-state index contributed by atoms with van der Waals surface area (Å²) in [4.78, 5) is 28.3. The maximum atomic E-state index is 12.7. The summed E-state index contributed by atoms with van der Waals surface area (Å²) in [6, 6.07) is 4.57. The molecule has 1 unspecified atom stereocenters. The van der Waals surface area contributed by atoms with Gasteiger partial charge in [0.05, 0.1) is 13.5 Å². The van der Waals surface area contributed by atoms with E-state index in [4.69, 9.17) is 9.47 Å². The molecule has 7 nitrogen and oxygen atoms in total. The first kappa shape index (κ1) is 19.9. The van der Waals surface area contributed by atoms with Gasteiger partial charge in [0.25, 0.3) is 0 Å². The molecule has 1 atom stereocenters. The minimum Gasteiger partial charge on any atom is -0.508 e. The van der Waals surface area contributed by atoms with E-state index in [1.54, 1.807) is 15.9 Å². The van der Waals surface area contributed by atoms with Gasteiger partial charge in [-0.05, 0) is 45.9 Å². The lowest BCUT2D eigenvalue weighted by atomic mass is 10.1. The van der Waals surface area contributed by atoms with Gasteiger partial charge in [0.2, 0.25) is 5.91 Å². The molecule has 1 aromatic carbocycles. The van der Waals surface area contributed by atoms with Crippen LogP contribution in [0.25, 0.3) is 0 Å². The van der Waals surface area contributed by atoms with E-state index in [2.05, 4.69) is 0 Å². The highest BCUT2D eigenvalue weighted by molar-refractivity contribution is 5.80. The van der Waals surface area contributed by atoms with Crippen LogP contribution in [0.3, 0.4) is 0 Å². The van der Waals surface area contributed by atoms with E-state index in [1.165, 1.54) is 19.2 Å².